The monoisotopic (exact) mass is 220 g/mol. The van der Waals surface area contributed by atoms with Gasteiger partial charge in [-0.15, -0.1) is 0 Å². The van der Waals surface area contributed by atoms with Gasteiger partial charge in [0.1, 0.15) is 0 Å². The van der Waals surface area contributed by atoms with Gasteiger partial charge in [0.05, 0.1) is 4.90 Å². The van der Waals surface area contributed by atoms with E-state index in [9.17, 15) is 8.42 Å². The largest absolute Gasteiger partial charge is 0.294 e. The first-order valence-corrected chi connectivity index (χ1v) is 6.02. The SMILES string of the molecule is O=S(=O)(O)c1cc2ccccc2c2c1C2. The number of hydrogen-bond donors (Lipinski definition) is 1. The van der Waals surface area contributed by atoms with Crippen molar-refractivity contribution in [2.45, 2.75) is 11.3 Å². The maximum atomic E-state index is 11.1. The molecule has 3 nitrogen and oxygen atoms in total. The van der Waals surface area contributed by atoms with E-state index in [1.807, 2.05) is 24.3 Å². The summed E-state index contributed by atoms with van der Waals surface area (Å²) in [5.74, 6) is 0. The molecule has 76 valence electrons. The Hall–Kier alpha value is -1.39. The minimum Gasteiger partial charge on any atom is -0.282 e. The van der Waals surface area contributed by atoms with Crippen LogP contribution in [0.2, 0.25) is 0 Å². The minimum absolute atomic E-state index is 0.0659. The Morgan fingerprint density at radius 3 is 2.60 bits per heavy atom. The van der Waals surface area contributed by atoms with Crippen LogP contribution in [0.15, 0.2) is 35.2 Å². The fourth-order valence-corrected chi connectivity index (χ4v) is 2.77. The van der Waals surface area contributed by atoms with Gasteiger partial charge < -0.3 is 0 Å². The first-order chi connectivity index (χ1) is 7.07. The Morgan fingerprint density at radius 1 is 1.13 bits per heavy atom. The zero-order chi connectivity index (χ0) is 10.6. The highest BCUT2D eigenvalue weighted by Gasteiger charge is 2.29. The summed E-state index contributed by atoms with van der Waals surface area (Å²) in [5.41, 5.74) is 1.80. The van der Waals surface area contributed by atoms with Crippen molar-refractivity contribution >= 4 is 20.9 Å². The molecule has 1 N–H and O–H groups in total. The summed E-state index contributed by atoms with van der Waals surface area (Å²) in [6, 6.07) is 9.13. The van der Waals surface area contributed by atoms with E-state index in [2.05, 4.69) is 0 Å². The number of benzene rings is 2. The molecule has 0 amide bonds. The maximum Gasteiger partial charge on any atom is 0.294 e. The Labute approximate surface area is 87.1 Å². The lowest BCUT2D eigenvalue weighted by Gasteiger charge is -1.99. The van der Waals surface area contributed by atoms with E-state index in [0.717, 1.165) is 21.9 Å². The molecule has 3 rings (SSSR count). The predicted octanol–water partition coefficient (Wildman–Crippen LogP) is 1.99. The molecule has 15 heavy (non-hydrogen) atoms. The van der Waals surface area contributed by atoms with E-state index in [0.29, 0.717) is 6.42 Å². The lowest BCUT2D eigenvalue weighted by Crippen LogP contribution is -1.97. The summed E-state index contributed by atoms with van der Waals surface area (Å²) >= 11 is 0. The van der Waals surface area contributed by atoms with Crippen LogP contribution in [-0.4, -0.2) is 13.0 Å². The molecule has 0 fully saturated rings. The highest BCUT2D eigenvalue weighted by Crippen LogP contribution is 2.40. The summed E-state index contributed by atoms with van der Waals surface area (Å²) < 4.78 is 31.2. The third-order valence-electron chi connectivity index (χ3n) is 2.74. The summed E-state index contributed by atoms with van der Waals surface area (Å²) in [7, 11) is -4.07. The van der Waals surface area contributed by atoms with Crippen molar-refractivity contribution in [2.24, 2.45) is 0 Å². The van der Waals surface area contributed by atoms with Crippen LogP contribution in [0, 0.1) is 0 Å². The summed E-state index contributed by atoms with van der Waals surface area (Å²) in [4.78, 5) is 0.0659. The molecule has 1 aliphatic rings. The van der Waals surface area contributed by atoms with Crippen LogP contribution < -0.4 is 0 Å². The van der Waals surface area contributed by atoms with Gasteiger partial charge in [-0.2, -0.15) is 8.42 Å². The van der Waals surface area contributed by atoms with Crippen LogP contribution in [0.25, 0.3) is 10.8 Å². The van der Waals surface area contributed by atoms with E-state index in [4.69, 9.17) is 4.55 Å². The zero-order valence-electron chi connectivity index (χ0n) is 7.77. The molecule has 0 atom stereocenters. The summed E-state index contributed by atoms with van der Waals surface area (Å²) in [6.45, 7) is 0. The molecule has 1 aliphatic carbocycles. The van der Waals surface area contributed by atoms with Gasteiger partial charge in [-0.25, -0.2) is 0 Å². The van der Waals surface area contributed by atoms with Gasteiger partial charge >= 0.3 is 0 Å². The van der Waals surface area contributed by atoms with Gasteiger partial charge in [0.15, 0.2) is 0 Å². The van der Waals surface area contributed by atoms with Gasteiger partial charge in [-0.1, -0.05) is 24.3 Å². The molecule has 2 aromatic rings. The van der Waals surface area contributed by atoms with Crippen molar-refractivity contribution in [3.8, 4) is 0 Å². The molecule has 4 heteroatoms. The van der Waals surface area contributed by atoms with E-state index >= 15 is 0 Å². The molecule has 0 aromatic heterocycles. The van der Waals surface area contributed by atoms with Crippen LogP contribution in [-0.2, 0) is 16.5 Å². The molecule has 0 bridgehead atoms. The van der Waals surface area contributed by atoms with E-state index in [1.54, 1.807) is 0 Å². The van der Waals surface area contributed by atoms with E-state index in [-0.39, 0.29) is 4.90 Å². The second kappa shape index (κ2) is 2.59. The second-order valence-corrected chi connectivity index (χ2v) is 5.09. The van der Waals surface area contributed by atoms with Crippen molar-refractivity contribution in [3.05, 3.63) is 41.5 Å². The van der Waals surface area contributed by atoms with Gasteiger partial charge in [0.2, 0.25) is 0 Å². The minimum atomic E-state index is -4.07. The normalized spacial score (nSPS) is 13.9. The van der Waals surface area contributed by atoms with Crippen molar-refractivity contribution in [1.82, 2.24) is 0 Å². The van der Waals surface area contributed by atoms with Crippen LogP contribution in [0.5, 0.6) is 0 Å². The molecule has 0 saturated carbocycles. The van der Waals surface area contributed by atoms with Gasteiger partial charge in [0, 0.05) is 6.42 Å². The third-order valence-corrected chi connectivity index (χ3v) is 3.66. The lowest BCUT2D eigenvalue weighted by atomic mass is 10.1. The molecule has 0 saturated heterocycles. The second-order valence-electron chi connectivity index (χ2n) is 3.70. The number of hydrogen-bond acceptors (Lipinski definition) is 2. The summed E-state index contributed by atoms with van der Waals surface area (Å²) in [5, 5.41) is 1.95. The quantitative estimate of drug-likeness (QED) is 0.638. The van der Waals surface area contributed by atoms with E-state index in [1.165, 1.54) is 6.07 Å². The molecule has 0 heterocycles. The fraction of sp³-hybridized carbons (Fsp3) is 0.0909. The van der Waals surface area contributed by atoms with Gasteiger partial charge in [0.25, 0.3) is 10.1 Å². The predicted molar refractivity (Wildman–Crippen MR) is 56.6 cm³/mol. The van der Waals surface area contributed by atoms with Crippen LogP contribution >= 0.6 is 0 Å². The van der Waals surface area contributed by atoms with Crippen LogP contribution in [0.4, 0.5) is 0 Å². The molecule has 0 spiro atoms. The molecule has 0 unspecified atom stereocenters. The van der Waals surface area contributed by atoms with Gasteiger partial charge in [-0.3, -0.25) is 4.55 Å². The highest BCUT2D eigenvalue weighted by atomic mass is 32.2. The zero-order valence-corrected chi connectivity index (χ0v) is 8.58. The van der Waals surface area contributed by atoms with Crippen LogP contribution in [0.3, 0.4) is 0 Å². The average molecular weight is 220 g/mol. The Bertz CT molecular complexity index is 672. The number of fused-ring (bicyclic) bond motifs is 3. The Balaban J connectivity index is 2.44. The fourth-order valence-electron chi connectivity index (χ4n) is 1.98. The Morgan fingerprint density at radius 2 is 1.87 bits per heavy atom. The van der Waals surface area contributed by atoms with E-state index < -0.39 is 10.1 Å². The highest BCUT2D eigenvalue weighted by molar-refractivity contribution is 7.86. The van der Waals surface area contributed by atoms with Gasteiger partial charge in [-0.05, 0) is 28.0 Å². The Kier molecular flexibility index (Phi) is 1.53. The third kappa shape index (κ3) is 1.26. The molecule has 0 radical (unpaired) electrons. The molecular weight excluding hydrogens is 212 g/mol. The first kappa shape index (κ1) is 8.88. The standard InChI is InChI=1S/C11H8O3S/c12-15(13,14)11-5-7-3-1-2-4-8(7)9-6-10(9)11/h1-5H,6H2,(H,12,13,14). The molecule has 0 aliphatic heterocycles. The van der Waals surface area contributed by atoms with Crippen molar-refractivity contribution < 1.29 is 13.0 Å². The first-order valence-electron chi connectivity index (χ1n) is 4.58. The smallest absolute Gasteiger partial charge is 0.282 e. The van der Waals surface area contributed by atoms with Crippen molar-refractivity contribution in [1.29, 1.82) is 0 Å². The maximum absolute atomic E-state index is 11.1. The van der Waals surface area contributed by atoms with Crippen molar-refractivity contribution in [2.75, 3.05) is 0 Å². The lowest BCUT2D eigenvalue weighted by molar-refractivity contribution is 0.483. The van der Waals surface area contributed by atoms with Crippen molar-refractivity contribution in [3.63, 3.8) is 0 Å². The number of rotatable bonds is 1. The average Bonchev–Trinajstić information content (AvgIpc) is 2.94. The molecule has 2 aromatic carbocycles. The molecular formula is C11H8O3S. The topological polar surface area (TPSA) is 54.4 Å². The van der Waals surface area contributed by atoms with Crippen LogP contribution in [0.1, 0.15) is 11.1 Å². The summed E-state index contributed by atoms with van der Waals surface area (Å²) in [6.07, 6.45) is 0.669.